The number of piperidine rings is 1. The monoisotopic (exact) mass is 627 g/mol. The van der Waals surface area contributed by atoms with Crippen molar-refractivity contribution in [2.75, 3.05) is 41.7 Å². The van der Waals surface area contributed by atoms with Crippen LogP contribution in [-0.2, 0) is 5.41 Å². The molecule has 1 fully saturated rings. The van der Waals surface area contributed by atoms with Crippen molar-refractivity contribution >= 4 is 40.4 Å². The molecule has 2 aliphatic heterocycles. The van der Waals surface area contributed by atoms with Crippen molar-refractivity contribution in [3.63, 3.8) is 0 Å². The zero-order valence-corrected chi connectivity index (χ0v) is 25.3. The predicted octanol–water partition coefficient (Wildman–Crippen LogP) is 7.99. The Balaban J connectivity index is 1.43. The van der Waals surface area contributed by atoms with Crippen LogP contribution >= 0.6 is 11.6 Å². The van der Waals surface area contributed by atoms with Gasteiger partial charge in [0.25, 0.3) is 0 Å². The molecule has 5 rings (SSSR count). The Kier molecular flexibility index (Phi) is 8.35. The van der Waals surface area contributed by atoms with Gasteiger partial charge >= 0.3 is 12.4 Å². The lowest BCUT2D eigenvalue weighted by Gasteiger charge is -2.42. The first-order valence-electron chi connectivity index (χ1n) is 14.2. The van der Waals surface area contributed by atoms with E-state index in [-0.39, 0.29) is 22.3 Å². The third-order valence-electron chi connectivity index (χ3n) is 7.89. The molecule has 0 aliphatic carbocycles. The molecule has 232 valence electrons. The first-order chi connectivity index (χ1) is 20.7. The largest absolute Gasteiger partial charge is 0.573 e. The van der Waals surface area contributed by atoms with Gasteiger partial charge in [0.15, 0.2) is 0 Å². The summed E-state index contributed by atoms with van der Waals surface area (Å²) in [6.45, 7) is 9.84. The van der Waals surface area contributed by atoms with E-state index in [1.54, 1.807) is 24.3 Å². The number of ether oxygens (including phenoxy) is 1. The van der Waals surface area contributed by atoms with E-state index < -0.39 is 18.1 Å². The summed E-state index contributed by atoms with van der Waals surface area (Å²) in [5, 5.41) is 26.6. The van der Waals surface area contributed by atoms with Gasteiger partial charge in [-0.2, -0.15) is 5.26 Å². The van der Waals surface area contributed by atoms with Crippen molar-refractivity contribution in [2.24, 2.45) is 5.41 Å². The van der Waals surface area contributed by atoms with Gasteiger partial charge in [-0.25, -0.2) is 4.79 Å². The van der Waals surface area contributed by atoms with Crippen molar-refractivity contribution in [1.29, 1.82) is 5.26 Å². The second-order valence-corrected chi connectivity index (χ2v) is 12.9. The van der Waals surface area contributed by atoms with E-state index in [0.29, 0.717) is 34.2 Å². The molecule has 0 bridgehead atoms. The van der Waals surface area contributed by atoms with Gasteiger partial charge in [0.1, 0.15) is 11.5 Å². The van der Waals surface area contributed by atoms with Crippen LogP contribution in [-0.4, -0.2) is 48.6 Å². The Labute approximate surface area is 259 Å². The average molecular weight is 628 g/mol. The molecule has 1 spiro atoms. The summed E-state index contributed by atoms with van der Waals surface area (Å²) in [5.41, 5.74) is 2.65. The molecule has 0 saturated carbocycles. The molecule has 12 heteroatoms. The van der Waals surface area contributed by atoms with Crippen LogP contribution in [0.1, 0.15) is 44.7 Å². The maximum Gasteiger partial charge on any atom is 0.573 e. The van der Waals surface area contributed by atoms with Gasteiger partial charge in [-0.1, -0.05) is 32.4 Å². The number of carbonyl (C=O) groups excluding carboxylic acids is 1. The fourth-order valence-electron chi connectivity index (χ4n) is 6.18. The predicted molar refractivity (Wildman–Crippen MR) is 164 cm³/mol. The molecule has 44 heavy (non-hydrogen) atoms. The first kappa shape index (κ1) is 31.3. The SMILES string of the molecule is CC(C)(C)CN1CCC2(CC1)CN(c1ccc(C#N)cc1NC(=O)Nc1ccc(OC(F)(F)F)cc1)c1c(O)ccc(Cl)c12. The number of fused-ring (bicyclic) bond motifs is 2. The van der Waals surface area contributed by atoms with Crippen molar-refractivity contribution in [2.45, 2.75) is 45.4 Å². The molecule has 1 saturated heterocycles. The number of hydrogen-bond acceptors (Lipinski definition) is 6. The number of alkyl halides is 3. The number of aromatic hydroxyl groups is 1. The number of urea groups is 1. The number of nitrogens with zero attached hydrogens (tertiary/aromatic N) is 3. The number of rotatable bonds is 5. The summed E-state index contributed by atoms with van der Waals surface area (Å²) in [7, 11) is 0. The lowest BCUT2D eigenvalue weighted by Crippen LogP contribution is -2.47. The summed E-state index contributed by atoms with van der Waals surface area (Å²) < 4.78 is 41.4. The minimum atomic E-state index is -4.83. The van der Waals surface area contributed by atoms with Crippen molar-refractivity contribution < 1.29 is 27.8 Å². The fourth-order valence-corrected chi connectivity index (χ4v) is 6.54. The number of hydrogen-bond donors (Lipinski definition) is 3. The quantitative estimate of drug-likeness (QED) is 0.265. The summed E-state index contributed by atoms with van der Waals surface area (Å²) in [5.74, 6) is -0.365. The number of phenols is 1. The number of likely N-dealkylation sites (tertiary alicyclic amines) is 1. The molecule has 0 atom stereocenters. The zero-order valence-electron chi connectivity index (χ0n) is 24.6. The minimum absolute atomic E-state index is 0.0549. The Hall–Kier alpha value is -4.14. The van der Waals surface area contributed by atoms with Crippen LogP contribution in [0.25, 0.3) is 0 Å². The van der Waals surface area contributed by atoms with Crippen LogP contribution in [0.2, 0.25) is 5.02 Å². The molecule has 2 heterocycles. The minimum Gasteiger partial charge on any atom is -0.506 e. The molecule has 2 aliphatic rings. The van der Waals surface area contributed by atoms with E-state index in [2.05, 4.69) is 47.1 Å². The molecule has 0 aromatic heterocycles. The number of halogens is 4. The van der Waals surface area contributed by atoms with E-state index in [9.17, 15) is 28.3 Å². The average Bonchev–Trinajstić information content (AvgIpc) is 3.27. The van der Waals surface area contributed by atoms with Gasteiger partial charge in [-0.05, 0) is 85.9 Å². The Bertz CT molecular complexity index is 1590. The number of phenolic OH excluding ortho intramolecular Hbond substituents is 1. The van der Waals surface area contributed by atoms with Gasteiger partial charge in [0, 0.05) is 34.8 Å². The molecule has 8 nitrogen and oxygen atoms in total. The Morgan fingerprint density at radius 3 is 2.36 bits per heavy atom. The van der Waals surface area contributed by atoms with Crippen molar-refractivity contribution in [3.05, 3.63) is 70.7 Å². The fraction of sp³-hybridized carbons (Fsp3) is 0.375. The topological polar surface area (TPSA) is 101 Å². The molecule has 2 amide bonds. The first-order valence-corrected chi connectivity index (χ1v) is 14.5. The molecule has 3 aromatic carbocycles. The lowest BCUT2D eigenvalue weighted by atomic mass is 9.74. The number of anilines is 4. The zero-order chi connectivity index (χ0) is 31.9. The normalized spacial score (nSPS) is 16.4. The van der Waals surface area contributed by atoms with Crippen molar-refractivity contribution in [1.82, 2.24) is 4.90 Å². The highest BCUT2D eigenvalue weighted by Gasteiger charge is 2.48. The number of nitrogens with one attached hydrogen (secondary N) is 2. The van der Waals surface area contributed by atoms with Crippen LogP contribution in [0.15, 0.2) is 54.6 Å². The van der Waals surface area contributed by atoms with Gasteiger partial charge in [0.2, 0.25) is 0 Å². The van der Waals surface area contributed by atoms with E-state index in [4.69, 9.17) is 11.6 Å². The third-order valence-corrected chi connectivity index (χ3v) is 8.20. The molecule has 3 N–H and O–H groups in total. The number of amides is 2. The summed E-state index contributed by atoms with van der Waals surface area (Å²) in [6, 6.07) is 14.3. The Morgan fingerprint density at radius 1 is 1.07 bits per heavy atom. The highest BCUT2D eigenvalue weighted by molar-refractivity contribution is 6.32. The molecule has 3 aromatic rings. The molecular formula is C32H33ClF3N5O3. The van der Waals surface area contributed by atoms with Crippen molar-refractivity contribution in [3.8, 4) is 17.6 Å². The summed E-state index contributed by atoms with van der Waals surface area (Å²) in [4.78, 5) is 17.5. The van der Waals surface area contributed by atoms with E-state index in [0.717, 1.165) is 50.2 Å². The van der Waals surface area contributed by atoms with Crippen LogP contribution in [0.5, 0.6) is 11.5 Å². The maximum atomic E-state index is 13.1. The van der Waals surface area contributed by atoms with E-state index in [1.807, 2.05) is 4.90 Å². The van der Waals surface area contributed by atoms with Crippen LogP contribution in [0.4, 0.5) is 40.7 Å². The second-order valence-electron chi connectivity index (χ2n) is 12.5. The maximum absolute atomic E-state index is 13.1. The van der Waals surface area contributed by atoms with Crippen LogP contribution < -0.4 is 20.3 Å². The number of nitriles is 1. The molecular weight excluding hydrogens is 595 g/mol. The van der Waals surface area contributed by atoms with E-state index >= 15 is 0 Å². The van der Waals surface area contributed by atoms with Crippen LogP contribution in [0, 0.1) is 16.7 Å². The smallest absolute Gasteiger partial charge is 0.506 e. The van der Waals surface area contributed by atoms with Gasteiger partial charge in [0.05, 0.1) is 28.7 Å². The molecule has 0 unspecified atom stereocenters. The Morgan fingerprint density at radius 2 is 1.75 bits per heavy atom. The van der Waals surface area contributed by atoms with Gasteiger partial charge in [-0.3, -0.25) is 0 Å². The van der Waals surface area contributed by atoms with Gasteiger partial charge in [-0.15, -0.1) is 13.2 Å². The second kappa shape index (κ2) is 11.7. The number of carbonyl (C=O) groups is 1. The standard InChI is InChI=1S/C32H33ClF3N5O3/c1-30(2,3)18-40-14-12-31(13-15-40)19-41(28-26(42)11-9-23(33)27(28)31)25-10-4-20(17-37)16-24(25)39-29(43)38-21-5-7-22(8-6-21)44-32(34,35)36/h4-11,16,42H,12-15,18-19H2,1-3H3,(H2,38,39,43). The lowest BCUT2D eigenvalue weighted by molar-refractivity contribution is -0.274. The van der Waals surface area contributed by atoms with Crippen LogP contribution in [0.3, 0.4) is 0 Å². The van der Waals surface area contributed by atoms with E-state index in [1.165, 1.54) is 18.2 Å². The molecule has 0 radical (unpaired) electrons. The third kappa shape index (κ3) is 6.82. The highest BCUT2D eigenvalue weighted by Crippen LogP contribution is 2.56. The summed E-state index contributed by atoms with van der Waals surface area (Å²) >= 11 is 6.82. The summed E-state index contributed by atoms with van der Waals surface area (Å²) in [6.07, 6.45) is -3.18. The van der Waals surface area contributed by atoms with Gasteiger partial charge < -0.3 is 30.3 Å². The highest BCUT2D eigenvalue weighted by atomic mass is 35.5. The number of benzene rings is 3.